The lowest BCUT2D eigenvalue weighted by molar-refractivity contribution is 0.0697. The van der Waals surface area contributed by atoms with Gasteiger partial charge in [-0.15, -0.1) is 0 Å². The summed E-state index contributed by atoms with van der Waals surface area (Å²) in [6.45, 7) is 0. The molecule has 0 aliphatic heterocycles. The van der Waals surface area contributed by atoms with Crippen molar-refractivity contribution >= 4 is 17.3 Å². The number of para-hydroxylation sites is 3. The maximum absolute atomic E-state index is 11.1. The number of hydrogen-bond acceptors (Lipinski definition) is 4. The molecule has 0 heterocycles. The van der Waals surface area contributed by atoms with E-state index in [1.165, 1.54) is 12.1 Å². The van der Waals surface area contributed by atoms with Gasteiger partial charge < -0.3 is 10.2 Å². The van der Waals surface area contributed by atoms with E-state index in [-0.39, 0.29) is 11.3 Å². The molecule has 0 atom stereocenters. The first-order chi connectivity index (χ1) is 8.61. The number of benzene rings is 2. The first-order valence-electron chi connectivity index (χ1n) is 5.26. The number of phenolic OH excluding ortho intramolecular Hbond substituents is 1. The van der Waals surface area contributed by atoms with Crippen LogP contribution >= 0.6 is 0 Å². The van der Waals surface area contributed by atoms with Crippen LogP contribution in [-0.2, 0) is 0 Å². The highest BCUT2D eigenvalue weighted by atomic mass is 16.4. The standard InChI is InChI=1S/C13H12N2O3/c14-15(11-7-3-4-8-12(11)16)10-6-2-1-5-9(10)13(17)18/h1-8,16H,14H2,(H,17,18). The van der Waals surface area contributed by atoms with Gasteiger partial charge in [-0.3, -0.25) is 5.01 Å². The van der Waals surface area contributed by atoms with Crippen molar-refractivity contribution in [3.05, 3.63) is 54.1 Å². The number of carboxylic acid groups (broad SMARTS) is 1. The minimum Gasteiger partial charge on any atom is -0.506 e. The molecule has 0 bridgehead atoms. The van der Waals surface area contributed by atoms with Gasteiger partial charge in [0.1, 0.15) is 5.75 Å². The molecule has 0 aliphatic carbocycles. The van der Waals surface area contributed by atoms with E-state index < -0.39 is 5.97 Å². The van der Waals surface area contributed by atoms with Crippen LogP contribution in [0.15, 0.2) is 48.5 Å². The number of carbonyl (C=O) groups is 1. The SMILES string of the molecule is NN(c1ccccc1O)c1ccccc1C(=O)O. The summed E-state index contributed by atoms with van der Waals surface area (Å²) in [7, 11) is 0. The Morgan fingerprint density at radius 1 is 1.00 bits per heavy atom. The molecule has 2 aromatic carbocycles. The summed E-state index contributed by atoms with van der Waals surface area (Å²) in [4.78, 5) is 11.1. The summed E-state index contributed by atoms with van der Waals surface area (Å²) in [6, 6.07) is 12.8. The molecule has 92 valence electrons. The number of aromatic hydroxyl groups is 1. The molecule has 0 aromatic heterocycles. The van der Waals surface area contributed by atoms with Crippen molar-refractivity contribution in [2.45, 2.75) is 0 Å². The van der Waals surface area contributed by atoms with Crippen LogP contribution in [0.3, 0.4) is 0 Å². The third-order valence-electron chi connectivity index (χ3n) is 2.54. The number of rotatable bonds is 3. The molecule has 5 heteroatoms. The number of hydrazine groups is 1. The van der Waals surface area contributed by atoms with E-state index in [2.05, 4.69) is 0 Å². The van der Waals surface area contributed by atoms with Gasteiger partial charge in [-0.1, -0.05) is 24.3 Å². The fourth-order valence-electron chi connectivity index (χ4n) is 1.66. The normalized spacial score (nSPS) is 10.1. The fraction of sp³-hybridized carbons (Fsp3) is 0. The third-order valence-corrected chi connectivity index (χ3v) is 2.54. The van der Waals surface area contributed by atoms with E-state index >= 15 is 0 Å². The highest BCUT2D eigenvalue weighted by molar-refractivity contribution is 5.95. The number of anilines is 2. The van der Waals surface area contributed by atoms with Crippen LogP contribution in [0.1, 0.15) is 10.4 Å². The number of nitrogens with two attached hydrogens (primary N) is 1. The van der Waals surface area contributed by atoms with Crippen molar-refractivity contribution in [1.29, 1.82) is 0 Å². The van der Waals surface area contributed by atoms with Gasteiger partial charge in [0.2, 0.25) is 0 Å². The van der Waals surface area contributed by atoms with Crippen LogP contribution in [0.4, 0.5) is 11.4 Å². The number of phenols is 1. The lowest BCUT2D eigenvalue weighted by atomic mass is 10.1. The highest BCUT2D eigenvalue weighted by Gasteiger charge is 2.16. The summed E-state index contributed by atoms with van der Waals surface area (Å²) < 4.78 is 0. The second-order valence-electron chi connectivity index (χ2n) is 3.68. The van der Waals surface area contributed by atoms with Crippen molar-refractivity contribution in [2.75, 3.05) is 5.01 Å². The second-order valence-corrected chi connectivity index (χ2v) is 3.68. The zero-order chi connectivity index (χ0) is 13.1. The number of hydrogen-bond donors (Lipinski definition) is 3. The Balaban J connectivity index is 2.50. The second kappa shape index (κ2) is 4.77. The number of aromatic carboxylic acids is 1. The molecule has 0 spiro atoms. The van der Waals surface area contributed by atoms with Crippen molar-refractivity contribution in [2.24, 2.45) is 5.84 Å². The highest BCUT2D eigenvalue weighted by Crippen LogP contribution is 2.31. The van der Waals surface area contributed by atoms with E-state index in [0.717, 1.165) is 5.01 Å². The first kappa shape index (κ1) is 11.9. The molecule has 2 rings (SSSR count). The summed E-state index contributed by atoms with van der Waals surface area (Å²) in [5, 5.41) is 19.9. The lowest BCUT2D eigenvalue weighted by Gasteiger charge is -2.21. The fourth-order valence-corrected chi connectivity index (χ4v) is 1.66. The average Bonchev–Trinajstić information content (AvgIpc) is 2.38. The molecule has 0 amide bonds. The summed E-state index contributed by atoms with van der Waals surface area (Å²) in [6.07, 6.45) is 0. The van der Waals surface area contributed by atoms with Crippen LogP contribution in [-0.4, -0.2) is 16.2 Å². The largest absolute Gasteiger partial charge is 0.506 e. The third kappa shape index (κ3) is 2.11. The molecule has 0 unspecified atom stereocenters. The van der Waals surface area contributed by atoms with Crippen LogP contribution < -0.4 is 10.9 Å². The molecule has 5 nitrogen and oxygen atoms in total. The van der Waals surface area contributed by atoms with E-state index in [9.17, 15) is 9.90 Å². The quantitative estimate of drug-likeness (QED) is 0.568. The maximum atomic E-state index is 11.1. The topological polar surface area (TPSA) is 86.8 Å². The minimum absolute atomic E-state index is 0.0137. The lowest BCUT2D eigenvalue weighted by Crippen LogP contribution is -2.26. The maximum Gasteiger partial charge on any atom is 0.337 e. The minimum atomic E-state index is -1.07. The molecule has 0 saturated carbocycles. The molecule has 0 saturated heterocycles. The van der Waals surface area contributed by atoms with E-state index in [0.29, 0.717) is 11.4 Å². The molecule has 18 heavy (non-hydrogen) atoms. The average molecular weight is 244 g/mol. The van der Waals surface area contributed by atoms with Crippen molar-refractivity contribution in [1.82, 2.24) is 0 Å². The molecule has 0 aliphatic rings. The summed E-state index contributed by atoms with van der Waals surface area (Å²) >= 11 is 0. The van der Waals surface area contributed by atoms with Crippen LogP contribution in [0, 0.1) is 0 Å². The van der Waals surface area contributed by atoms with Crippen LogP contribution in [0.5, 0.6) is 5.75 Å². The molecule has 0 radical (unpaired) electrons. The van der Waals surface area contributed by atoms with Crippen LogP contribution in [0.25, 0.3) is 0 Å². The van der Waals surface area contributed by atoms with Crippen molar-refractivity contribution in [3.8, 4) is 5.75 Å². The van der Waals surface area contributed by atoms with Gasteiger partial charge in [-0.05, 0) is 24.3 Å². The van der Waals surface area contributed by atoms with Gasteiger partial charge >= 0.3 is 5.97 Å². The van der Waals surface area contributed by atoms with Gasteiger partial charge in [0.15, 0.2) is 0 Å². The first-order valence-corrected chi connectivity index (χ1v) is 5.26. The zero-order valence-electron chi connectivity index (χ0n) is 9.45. The molecular formula is C13H12N2O3. The Labute approximate surface area is 104 Å². The predicted octanol–water partition coefficient (Wildman–Crippen LogP) is 2.10. The molecule has 0 fully saturated rings. The van der Waals surface area contributed by atoms with Crippen molar-refractivity contribution in [3.63, 3.8) is 0 Å². The zero-order valence-corrected chi connectivity index (χ0v) is 9.45. The van der Waals surface area contributed by atoms with Crippen molar-refractivity contribution < 1.29 is 15.0 Å². The smallest absolute Gasteiger partial charge is 0.337 e. The Bertz CT molecular complexity index is 584. The molecular weight excluding hydrogens is 232 g/mol. The van der Waals surface area contributed by atoms with Gasteiger partial charge in [-0.2, -0.15) is 0 Å². The Hall–Kier alpha value is -2.53. The number of nitrogens with zero attached hydrogens (tertiary/aromatic N) is 1. The predicted molar refractivity (Wildman–Crippen MR) is 67.8 cm³/mol. The summed E-state index contributed by atoms with van der Waals surface area (Å²) in [5.74, 6) is 4.78. The van der Waals surface area contributed by atoms with E-state index in [1.54, 1.807) is 36.4 Å². The van der Waals surface area contributed by atoms with E-state index in [1.807, 2.05) is 0 Å². The molecule has 2 aromatic rings. The van der Waals surface area contributed by atoms with Crippen LogP contribution in [0.2, 0.25) is 0 Å². The summed E-state index contributed by atoms with van der Waals surface area (Å²) in [5.41, 5.74) is 0.723. The Morgan fingerprint density at radius 3 is 2.17 bits per heavy atom. The van der Waals surface area contributed by atoms with Gasteiger partial charge in [0.05, 0.1) is 16.9 Å². The number of carboxylic acids is 1. The van der Waals surface area contributed by atoms with E-state index in [4.69, 9.17) is 10.9 Å². The Morgan fingerprint density at radius 2 is 1.56 bits per heavy atom. The van der Waals surface area contributed by atoms with Gasteiger partial charge in [0, 0.05) is 0 Å². The van der Waals surface area contributed by atoms with Gasteiger partial charge in [-0.25, -0.2) is 10.6 Å². The molecule has 4 N–H and O–H groups in total. The Kier molecular flexibility index (Phi) is 3.16. The monoisotopic (exact) mass is 244 g/mol. The van der Waals surface area contributed by atoms with Gasteiger partial charge in [0.25, 0.3) is 0 Å².